The molecule has 0 aliphatic carbocycles. The van der Waals surface area contributed by atoms with Gasteiger partial charge in [-0.05, 0) is 0 Å². The van der Waals surface area contributed by atoms with Crippen molar-refractivity contribution in [1.29, 1.82) is 0 Å². The summed E-state index contributed by atoms with van der Waals surface area (Å²) in [4.78, 5) is 4.01. The largest absolute Gasteiger partial charge is 0.331 e. The maximum absolute atomic E-state index is 12.0. The molecular formula is C9H15F2N3. The molecule has 0 aromatic carbocycles. The van der Waals surface area contributed by atoms with Crippen LogP contribution in [0, 0.1) is 0 Å². The van der Waals surface area contributed by atoms with Gasteiger partial charge in [0, 0.05) is 18.8 Å². The minimum absolute atomic E-state index is 0.283. The molecule has 0 unspecified atom stereocenters. The summed E-state index contributed by atoms with van der Waals surface area (Å²) in [5.41, 5.74) is 0.791. The molecule has 1 aromatic rings. The molecular weight excluding hydrogens is 188 g/mol. The molecule has 0 saturated carbocycles. The minimum atomic E-state index is -2.32. The molecule has 0 fully saturated rings. The highest BCUT2D eigenvalue weighted by molar-refractivity contribution is 4.96. The maximum Gasteiger partial charge on any atom is 0.256 e. The van der Waals surface area contributed by atoms with Crippen LogP contribution in [0.4, 0.5) is 8.78 Å². The molecule has 0 aliphatic heterocycles. The minimum Gasteiger partial charge on any atom is -0.331 e. The van der Waals surface area contributed by atoms with Crippen LogP contribution in [0.1, 0.15) is 19.5 Å². The maximum atomic E-state index is 12.0. The lowest BCUT2D eigenvalue weighted by molar-refractivity contribution is 0.126. The zero-order chi connectivity index (χ0) is 10.6. The monoisotopic (exact) mass is 203 g/mol. The fourth-order valence-electron chi connectivity index (χ4n) is 1.07. The number of aromatic nitrogens is 2. The van der Waals surface area contributed by atoms with Crippen molar-refractivity contribution in [2.75, 3.05) is 0 Å². The van der Waals surface area contributed by atoms with Crippen LogP contribution >= 0.6 is 0 Å². The van der Waals surface area contributed by atoms with Crippen molar-refractivity contribution < 1.29 is 8.78 Å². The van der Waals surface area contributed by atoms with Crippen molar-refractivity contribution in [2.45, 2.75) is 39.4 Å². The highest BCUT2D eigenvalue weighted by Gasteiger charge is 2.05. The van der Waals surface area contributed by atoms with Crippen molar-refractivity contribution in [1.82, 2.24) is 14.9 Å². The van der Waals surface area contributed by atoms with E-state index in [-0.39, 0.29) is 6.54 Å². The van der Waals surface area contributed by atoms with Crippen molar-refractivity contribution in [3.8, 4) is 0 Å². The van der Waals surface area contributed by atoms with Crippen LogP contribution in [0.25, 0.3) is 0 Å². The lowest BCUT2D eigenvalue weighted by atomic mass is 10.3. The Morgan fingerprint density at radius 1 is 1.50 bits per heavy atom. The molecule has 1 N–H and O–H groups in total. The summed E-state index contributed by atoms with van der Waals surface area (Å²) in [7, 11) is 0. The molecule has 80 valence electrons. The molecule has 14 heavy (non-hydrogen) atoms. The Labute approximate surface area is 82.1 Å². The first kappa shape index (κ1) is 11.1. The summed E-state index contributed by atoms with van der Waals surface area (Å²) < 4.78 is 25.4. The Balaban J connectivity index is 2.42. The fraction of sp³-hybridized carbons (Fsp3) is 0.667. The average molecular weight is 203 g/mol. The first-order valence-corrected chi connectivity index (χ1v) is 4.60. The predicted octanol–water partition coefficient (Wildman–Crippen LogP) is 1.65. The van der Waals surface area contributed by atoms with E-state index in [1.165, 1.54) is 10.9 Å². The van der Waals surface area contributed by atoms with Crippen molar-refractivity contribution in [3.63, 3.8) is 0 Å². The Morgan fingerprint density at radius 3 is 2.79 bits per heavy atom. The van der Waals surface area contributed by atoms with Gasteiger partial charge in [-0.1, -0.05) is 13.8 Å². The summed E-state index contributed by atoms with van der Waals surface area (Å²) in [5.74, 6) is 0. The van der Waals surface area contributed by atoms with E-state index in [2.05, 4.69) is 10.3 Å². The van der Waals surface area contributed by atoms with Gasteiger partial charge >= 0.3 is 0 Å². The topological polar surface area (TPSA) is 29.9 Å². The molecule has 0 radical (unpaired) electrons. The highest BCUT2D eigenvalue weighted by Crippen LogP contribution is 2.01. The molecule has 1 aromatic heterocycles. The predicted molar refractivity (Wildman–Crippen MR) is 50.2 cm³/mol. The number of hydrogen-bond donors (Lipinski definition) is 1. The standard InChI is InChI=1S/C9H15F2N3/c1-7(2)12-3-8-4-14(6-13-8)5-9(10)11/h4,6-7,9,12H,3,5H2,1-2H3. The average Bonchev–Trinajstić information content (AvgIpc) is 2.47. The molecule has 0 bridgehead atoms. The van der Waals surface area contributed by atoms with Crippen molar-refractivity contribution >= 4 is 0 Å². The number of nitrogens with one attached hydrogen (secondary N) is 1. The molecule has 5 heteroatoms. The molecule has 0 aliphatic rings. The Bertz CT molecular complexity index is 271. The number of halogens is 2. The fourth-order valence-corrected chi connectivity index (χ4v) is 1.07. The van der Waals surface area contributed by atoms with E-state index in [0.29, 0.717) is 12.6 Å². The zero-order valence-electron chi connectivity index (χ0n) is 8.37. The van der Waals surface area contributed by atoms with Crippen molar-refractivity contribution in [2.24, 2.45) is 0 Å². The number of nitrogens with zero attached hydrogens (tertiary/aromatic N) is 2. The summed E-state index contributed by atoms with van der Waals surface area (Å²) >= 11 is 0. The molecule has 0 spiro atoms. The van der Waals surface area contributed by atoms with Gasteiger partial charge in [-0.2, -0.15) is 0 Å². The quantitative estimate of drug-likeness (QED) is 0.788. The van der Waals surface area contributed by atoms with Gasteiger partial charge in [0.25, 0.3) is 6.43 Å². The normalized spacial score (nSPS) is 11.6. The van der Waals surface area contributed by atoms with Crippen LogP contribution in [0.2, 0.25) is 0 Å². The van der Waals surface area contributed by atoms with Crippen LogP contribution < -0.4 is 5.32 Å². The number of alkyl halides is 2. The summed E-state index contributed by atoms with van der Waals surface area (Å²) in [6.07, 6.45) is 0.750. The van der Waals surface area contributed by atoms with Gasteiger partial charge in [0.2, 0.25) is 0 Å². The molecule has 1 heterocycles. The highest BCUT2D eigenvalue weighted by atomic mass is 19.3. The van der Waals surface area contributed by atoms with E-state index < -0.39 is 6.43 Å². The van der Waals surface area contributed by atoms with E-state index in [1.54, 1.807) is 6.20 Å². The van der Waals surface area contributed by atoms with E-state index in [0.717, 1.165) is 5.69 Å². The zero-order valence-corrected chi connectivity index (χ0v) is 8.37. The van der Waals surface area contributed by atoms with Crippen LogP contribution in [0.3, 0.4) is 0 Å². The van der Waals surface area contributed by atoms with E-state index in [4.69, 9.17) is 0 Å². The Hall–Kier alpha value is -0.970. The second kappa shape index (κ2) is 5.05. The third kappa shape index (κ3) is 3.83. The van der Waals surface area contributed by atoms with Gasteiger partial charge in [-0.25, -0.2) is 13.8 Å². The third-order valence-corrected chi connectivity index (χ3v) is 1.73. The SMILES string of the molecule is CC(C)NCc1cn(CC(F)F)cn1. The summed E-state index contributed by atoms with van der Waals surface area (Å²) in [6.45, 7) is 4.38. The van der Waals surface area contributed by atoms with Crippen LogP contribution in [-0.4, -0.2) is 22.0 Å². The van der Waals surface area contributed by atoms with Gasteiger partial charge in [0.1, 0.15) is 0 Å². The van der Waals surface area contributed by atoms with Crippen LogP contribution in [0.15, 0.2) is 12.5 Å². The summed E-state index contributed by atoms with van der Waals surface area (Å²) in [5, 5.41) is 3.17. The Kier molecular flexibility index (Phi) is 4.00. The lowest BCUT2D eigenvalue weighted by Gasteiger charge is -2.04. The van der Waals surface area contributed by atoms with Crippen molar-refractivity contribution in [3.05, 3.63) is 18.2 Å². The van der Waals surface area contributed by atoms with Gasteiger partial charge < -0.3 is 9.88 Å². The first-order valence-electron chi connectivity index (χ1n) is 4.60. The van der Waals surface area contributed by atoms with Crippen LogP contribution in [-0.2, 0) is 13.1 Å². The van der Waals surface area contributed by atoms with Crippen LogP contribution in [0.5, 0.6) is 0 Å². The second-order valence-electron chi connectivity index (χ2n) is 3.49. The third-order valence-electron chi connectivity index (χ3n) is 1.73. The molecule has 3 nitrogen and oxygen atoms in total. The molecule has 0 atom stereocenters. The van der Waals surface area contributed by atoms with Gasteiger partial charge in [0.05, 0.1) is 18.6 Å². The van der Waals surface area contributed by atoms with E-state index >= 15 is 0 Å². The second-order valence-corrected chi connectivity index (χ2v) is 3.49. The first-order chi connectivity index (χ1) is 6.58. The number of hydrogen-bond acceptors (Lipinski definition) is 2. The van der Waals surface area contributed by atoms with Gasteiger partial charge in [-0.3, -0.25) is 0 Å². The van der Waals surface area contributed by atoms with Gasteiger partial charge in [0.15, 0.2) is 0 Å². The van der Waals surface area contributed by atoms with E-state index in [9.17, 15) is 8.78 Å². The summed E-state index contributed by atoms with van der Waals surface area (Å²) in [6, 6.07) is 0.371. The Morgan fingerprint density at radius 2 is 2.21 bits per heavy atom. The molecule has 0 saturated heterocycles. The van der Waals surface area contributed by atoms with Gasteiger partial charge in [-0.15, -0.1) is 0 Å². The van der Waals surface area contributed by atoms with E-state index in [1.807, 2.05) is 13.8 Å². The lowest BCUT2D eigenvalue weighted by Crippen LogP contribution is -2.21. The molecule has 1 rings (SSSR count). The number of rotatable bonds is 5. The molecule has 0 amide bonds. The smallest absolute Gasteiger partial charge is 0.256 e. The number of imidazole rings is 1.